The highest BCUT2D eigenvalue weighted by Gasteiger charge is 2.36. The molecule has 1 heterocycles. The maximum absolute atomic E-state index is 11.5. The number of likely N-dealkylation sites (tertiary alicyclic amines) is 1. The Morgan fingerprint density at radius 3 is 2.36 bits per heavy atom. The first kappa shape index (κ1) is 11.0. The molecule has 0 aromatic carbocycles. The highest BCUT2D eigenvalue weighted by molar-refractivity contribution is 5.81. The van der Waals surface area contributed by atoms with Crippen LogP contribution in [0, 0.1) is 5.92 Å². The average molecular weight is 200 g/mol. The van der Waals surface area contributed by atoms with Gasteiger partial charge in [-0.05, 0) is 13.8 Å². The summed E-state index contributed by atoms with van der Waals surface area (Å²) in [6.07, 6.45) is 0.263. The Balaban J connectivity index is 2.34. The standard InChI is InChI=1S/C9H16N2O3/c1-9(2,10)3-7(12)11-4-6(5-11)8(13)14/h6H,3-5,10H2,1-2H3,(H,13,14). The molecule has 80 valence electrons. The van der Waals surface area contributed by atoms with E-state index in [1.165, 1.54) is 4.90 Å². The Kier molecular flexibility index (Phi) is 2.80. The molecule has 1 aliphatic heterocycles. The highest BCUT2D eigenvalue weighted by Crippen LogP contribution is 2.18. The third-order valence-electron chi connectivity index (χ3n) is 2.19. The lowest BCUT2D eigenvalue weighted by Crippen LogP contribution is -2.54. The molecule has 0 spiro atoms. The van der Waals surface area contributed by atoms with Crippen molar-refractivity contribution in [3.8, 4) is 0 Å². The number of carboxylic acid groups (broad SMARTS) is 1. The number of amides is 1. The van der Waals surface area contributed by atoms with Crippen molar-refractivity contribution in [3.63, 3.8) is 0 Å². The van der Waals surface area contributed by atoms with Crippen molar-refractivity contribution in [1.29, 1.82) is 0 Å². The Labute approximate surface area is 82.9 Å². The monoisotopic (exact) mass is 200 g/mol. The predicted octanol–water partition coefficient (Wildman–Crippen LogP) is -0.343. The van der Waals surface area contributed by atoms with E-state index in [4.69, 9.17) is 10.8 Å². The van der Waals surface area contributed by atoms with Gasteiger partial charge in [-0.25, -0.2) is 0 Å². The van der Waals surface area contributed by atoms with E-state index in [1.807, 2.05) is 0 Å². The topological polar surface area (TPSA) is 83.6 Å². The van der Waals surface area contributed by atoms with Crippen LogP contribution in [0.1, 0.15) is 20.3 Å². The van der Waals surface area contributed by atoms with Gasteiger partial charge in [0.1, 0.15) is 0 Å². The van der Waals surface area contributed by atoms with Gasteiger partial charge >= 0.3 is 5.97 Å². The fourth-order valence-corrected chi connectivity index (χ4v) is 1.34. The maximum atomic E-state index is 11.5. The lowest BCUT2D eigenvalue weighted by Gasteiger charge is -2.38. The van der Waals surface area contributed by atoms with Gasteiger partial charge in [0, 0.05) is 25.0 Å². The van der Waals surface area contributed by atoms with E-state index >= 15 is 0 Å². The van der Waals surface area contributed by atoms with Crippen LogP contribution in [0.15, 0.2) is 0 Å². The molecule has 0 saturated carbocycles. The number of carboxylic acids is 1. The number of carbonyl (C=O) groups is 2. The molecular formula is C9H16N2O3. The van der Waals surface area contributed by atoms with Gasteiger partial charge in [-0.3, -0.25) is 9.59 Å². The van der Waals surface area contributed by atoms with Crippen LogP contribution >= 0.6 is 0 Å². The number of hydrogen-bond acceptors (Lipinski definition) is 3. The van der Waals surface area contributed by atoms with Gasteiger partial charge in [-0.15, -0.1) is 0 Å². The molecule has 0 unspecified atom stereocenters. The normalized spacial score (nSPS) is 17.8. The zero-order valence-electron chi connectivity index (χ0n) is 8.49. The zero-order valence-corrected chi connectivity index (χ0v) is 8.49. The summed E-state index contributed by atoms with van der Waals surface area (Å²) >= 11 is 0. The molecule has 0 atom stereocenters. The molecule has 0 radical (unpaired) electrons. The summed E-state index contributed by atoms with van der Waals surface area (Å²) in [4.78, 5) is 23.5. The Morgan fingerprint density at radius 1 is 1.50 bits per heavy atom. The zero-order chi connectivity index (χ0) is 10.9. The van der Waals surface area contributed by atoms with E-state index in [0.717, 1.165) is 0 Å². The lowest BCUT2D eigenvalue weighted by molar-refractivity contribution is -0.153. The minimum absolute atomic E-state index is 0.0602. The first-order chi connectivity index (χ1) is 6.29. The van der Waals surface area contributed by atoms with Crippen molar-refractivity contribution >= 4 is 11.9 Å². The van der Waals surface area contributed by atoms with Crippen LogP contribution in [-0.4, -0.2) is 40.5 Å². The summed E-state index contributed by atoms with van der Waals surface area (Å²) in [5.41, 5.74) is 5.16. The largest absolute Gasteiger partial charge is 0.481 e. The van der Waals surface area contributed by atoms with Crippen LogP contribution in [0.25, 0.3) is 0 Å². The van der Waals surface area contributed by atoms with Crippen molar-refractivity contribution in [3.05, 3.63) is 0 Å². The molecule has 5 heteroatoms. The van der Waals surface area contributed by atoms with Crippen molar-refractivity contribution < 1.29 is 14.7 Å². The molecule has 0 aliphatic carbocycles. The third-order valence-corrected chi connectivity index (χ3v) is 2.19. The SMILES string of the molecule is CC(C)(N)CC(=O)N1CC(C(=O)O)C1. The molecule has 3 N–H and O–H groups in total. The number of nitrogens with zero attached hydrogens (tertiary/aromatic N) is 1. The number of hydrogen-bond donors (Lipinski definition) is 2. The number of nitrogens with two attached hydrogens (primary N) is 1. The van der Waals surface area contributed by atoms with E-state index in [0.29, 0.717) is 13.1 Å². The average Bonchev–Trinajstić information content (AvgIpc) is 1.75. The van der Waals surface area contributed by atoms with Gasteiger partial charge in [0.2, 0.25) is 5.91 Å². The Hall–Kier alpha value is -1.10. The molecule has 5 nitrogen and oxygen atoms in total. The number of rotatable bonds is 3. The Bertz CT molecular complexity index is 251. The van der Waals surface area contributed by atoms with Gasteiger partial charge < -0.3 is 15.7 Å². The second-order valence-corrected chi connectivity index (χ2v) is 4.50. The smallest absolute Gasteiger partial charge is 0.310 e. The Morgan fingerprint density at radius 2 is 2.00 bits per heavy atom. The molecular weight excluding hydrogens is 184 g/mol. The molecule has 1 rings (SSSR count). The molecule has 1 fully saturated rings. The van der Waals surface area contributed by atoms with Crippen LogP contribution in [0.5, 0.6) is 0 Å². The van der Waals surface area contributed by atoms with Crippen LogP contribution in [0.3, 0.4) is 0 Å². The van der Waals surface area contributed by atoms with Crippen molar-refractivity contribution in [2.24, 2.45) is 11.7 Å². The fraction of sp³-hybridized carbons (Fsp3) is 0.778. The lowest BCUT2D eigenvalue weighted by atomic mass is 9.96. The first-order valence-corrected chi connectivity index (χ1v) is 4.59. The van der Waals surface area contributed by atoms with Gasteiger partial charge in [0.15, 0.2) is 0 Å². The summed E-state index contributed by atoms with van der Waals surface area (Å²) in [6, 6.07) is 0. The molecule has 0 bridgehead atoms. The fourth-order valence-electron chi connectivity index (χ4n) is 1.34. The summed E-state index contributed by atoms with van der Waals surface area (Å²) in [6.45, 7) is 4.20. The van der Waals surface area contributed by atoms with Gasteiger partial charge in [-0.1, -0.05) is 0 Å². The summed E-state index contributed by atoms with van der Waals surface area (Å²) in [5.74, 6) is -1.28. The molecule has 1 aliphatic rings. The van der Waals surface area contributed by atoms with Crippen molar-refractivity contribution in [2.45, 2.75) is 25.8 Å². The van der Waals surface area contributed by atoms with Crippen LogP contribution in [-0.2, 0) is 9.59 Å². The van der Waals surface area contributed by atoms with E-state index < -0.39 is 11.5 Å². The third kappa shape index (κ3) is 2.70. The minimum Gasteiger partial charge on any atom is -0.481 e. The molecule has 1 saturated heterocycles. The van der Waals surface area contributed by atoms with Gasteiger partial charge in [-0.2, -0.15) is 0 Å². The molecule has 14 heavy (non-hydrogen) atoms. The van der Waals surface area contributed by atoms with Crippen LogP contribution in [0.4, 0.5) is 0 Å². The van der Waals surface area contributed by atoms with Crippen molar-refractivity contribution in [2.75, 3.05) is 13.1 Å². The van der Waals surface area contributed by atoms with Crippen LogP contribution < -0.4 is 5.73 Å². The predicted molar refractivity (Wildman–Crippen MR) is 50.6 cm³/mol. The number of aliphatic carboxylic acids is 1. The van der Waals surface area contributed by atoms with Crippen molar-refractivity contribution in [1.82, 2.24) is 4.90 Å². The van der Waals surface area contributed by atoms with E-state index in [-0.39, 0.29) is 18.2 Å². The van der Waals surface area contributed by atoms with E-state index in [9.17, 15) is 9.59 Å². The van der Waals surface area contributed by atoms with E-state index in [2.05, 4.69) is 0 Å². The van der Waals surface area contributed by atoms with Crippen LogP contribution in [0.2, 0.25) is 0 Å². The maximum Gasteiger partial charge on any atom is 0.310 e. The highest BCUT2D eigenvalue weighted by atomic mass is 16.4. The van der Waals surface area contributed by atoms with Gasteiger partial charge in [0.05, 0.1) is 5.92 Å². The second-order valence-electron chi connectivity index (χ2n) is 4.50. The second kappa shape index (κ2) is 3.57. The minimum atomic E-state index is -0.832. The van der Waals surface area contributed by atoms with E-state index in [1.54, 1.807) is 13.8 Å². The first-order valence-electron chi connectivity index (χ1n) is 4.59. The molecule has 0 aromatic rings. The summed E-state index contributed by atoms with van der Waals surface area (Å²) < 4.78 is 0. The number of carbonyl (C=O) groups excluding carboxylic acids is 1. The quantitative estimate of drug-likeness (QED) is 0.652. The van der Waals surface area contributed by atoms with Gasteiger partial charge in [0.25, 0.3) is 0 Å². The molecule has 1 amide bonds. The summed E-state index contributed by atoms with van der Waals surface area (Å²) in [5, 5.41) is 8.60. The molecule has 0 aromatic heterocycles. The summed E-state index contributed by atoms with van der Waals surface area (Å²) in [7, 11) is 0.